The van der Waals surface area contributed by atoms with E-state index in [1.165, 1.54) is 0 Å². The van der Waals surface area contributed by atoms with Gasteiger partial charge in [-0.05, 0) is 12.1 Å². The van der Waals surface area contributed by atoms with Gasteiger partial charge >= 0.3 is 12.5 Å². The summed E-state index contributed by atoms with van der Waals surface area (Å²) in [6.45, 7) is 0. The fourth-order valence-electron chi connectivity index (χ4n) is 1.06. The number of benzene rings is 1. The molecule has 0 aliphatic rings. The quantitative estimate of drug-likeness (QED) is 0.577. The zero-order chi connectivity index (χ0) is 13.3. The van der Waals surface area contributed by atoms with Crippen molar-refractivity contribution in [3.8, 4) is 5.75 Å². The van der Waals surface area contributed by atoms with E-state index in [4.69, 9.17) is 11.6 Å². The average Bonchev–Trinajstić information content (AvgIpc) is 2.13. The lowest BCUT2D eigenvalue weighted by Gasteiger charge is -2.14. The van der Waals surface area contributed by atoms with Crippen LogP contribution in [0.1, 0.15) is 11.1 Å². The van der Waals surface area contributed by atoms with Crippen molar-refractivity contribution in [2.45, 2.75) is 18.4 Å². The Bertz CT molecular complexity index is 397. The Kier molecular flexibility index (Phi) is 3.81. The van der Waals surface area contributed by atoms with E-state index in [0.717, 1.165) is 6.07 Å². The van der Waals surface area contributed by atoms with Gasteiger partial charge in [-0.3, -0.25) is 0 Å². The van der Waals surface area contributed by atoms with Crippen LogP contribution in [0, 0.1) is 0 Å². The molecule has 17 heavy (non-hydrogen) atoms. The van der Waals surface area contributed by atoms with E-state index < -0.39 is 23.9 Å². The first-order valence-electron chi connectivity index (χ1n) is 4.15. The first-order chi connectivity index (χ1) is 7.63. The Morgan fingerprint density at radius 1 is 1.06 bits per heavy atom. The summed E-state index contributed by atoms with van der Waals surface area (Å²) in [4.78, 5) is 0. The summed E-state index contributed by atoms with van der Waals surface area (Å²) in [6.07, 6.45) is -9.81. The number of alkyl halides is 7. The van der Waals surface area contributed by atoms with Gasteiger partial charge in [-0.25, -0.2) is 0 Å². The van der Waals surface area contributed by atoms with Crippen LogP contribution in [0.4, 0.5) is 26.3 Å². The molecule has 0 aliphatic carbocycles. The molecule has 0 saturated heterocycles. The maximum atomic E-state index is 12.3. The van der Waals surface area contributed by atoms with Crippen molar-refractivity contribution in [2.75, 3.05) is 0 Å². The van der Waals surface area contributed by atoms with Gasteiger partial charge in [-0.2, -0.15) is 13.2 Å². The predicted molar refractivity (Wildman–Crippen MR) is 47.7 cm³/mol. The number of ether oxygens (including phenoxy) is 1. The van der Waals surface area contributed by atoms with E-state index in [0.29, 0.717) is 6.07 Å². The molecule has 0 spiro atoms. The van der Waals surface area contributed by atoms with Gasteiger partial charge in [0.1, 0.15) is 5.75 Å². The van der Waals surface area contributed by atoms with Crippen LogP contribution in [-0.4, -0.2) is 6.36 Å². The van der Waals surface area contributed by atoms with Crippen molar-refractivity contribution in [3.63, 3.8) is 0 Å². The highest BCUT2D eigenvalue weighted by Crippen LogP contribution is 2.35. The second-order valence-corrected chi connectivity index (χ2v) is 3.27. The molecule has 0 aromatic heterocycles. The normalized spacial score (nSPS) is 12.6. The zero-order valence-corrected chi connectivity index (χ0v) is 8.75. The van der Waals surface area contributed by atoms with Crippen LogP contribution in [0.5, 0.6) is 5.75 Å². The fourth-order valence-corrected chi connectivity index (χ4v) is 1.28. The first kappa shape index (κ1) is 14.0. The zero-order valence-electron chi connectivity index (χ0n) is 7.99. The van der Waals surface area contributed by atoms with E-state index in [1.807, 2.05) is 0 Å². The van der Waals surface area contributed by atoms with Crippen LogP contribution in [-0.2, 0) is 12.1 Å². The SMILES string of the molecule is FC(F)(F)Oc1cc(C(F)(F)F)ccc1CCl. The summed E-state index contributed by atoms with van der Waals surface area (Å²) in [5.41, 5.74) is -1.40. The number of hydrogen-bond donors (Lipinski definition) is 0. The van der Waals surface area contributed by atoms with Gasteiger partial charge in [0.05, 0.1) is 11.4 Å². The van der Waals surface area contributed by atoms with Crippen LogP contribution in [0.15, 0.2) is 18.2 Å². The molecule has 0 heterocycles. The molecule has 0 bridgehead atoms. The van der Waals surface area contributed by atoms with E-state index in [9.17, 15) is 26.3 Å². The summed E-state index contributed by atoms with van der Waals surface area (Å²) in [5.74, 6) is -1.33. The smallest absolute Gasteiger partial charge is 0.405 e. The van der Waals surface area contributed by atoms with Gasteiger partial charge in [0.25, 0.3) is 0 Å². The highest BCUT2D eigenvalue weighted by atomic mass is 35.5. The van der Waals surface area contributed by atoms with Crippen LogP contribution in [0.25, 0.3) is 0 Å². The third kappa shape index (κ3) is 3.99. The van der Waals surface area contributed by atoms with Crippen molar-refractivity contribution in [1.29, 1.82) is 0 Å². The molecule has 0 saturated carbocycles. The van der Waals surface area contributed by atoms with Crippen molar-refractivity contribution in [2.24, 2.45) is 0 Å². The molecule has 1 aromatic rings. The van der Waals surface area contributed by atoms with E-state index in [-0.39, 0.29) is 17.5 Å². The number of halogens is 7. The Morgan fingerprint density at radius 2 is 1.65 bits per heavy atom. The van der Waals surface area contributed by atoms with E-state index in [1.54, 1.807) is 0 Å². The van der Waals surface area contributed by atoms with Crippen LogP contribution in [0.3, 0.4) is 0 Å². The minimum atomic E-state index is -5.06. The standard InChI is InChI=1S/C9H5ClF6O/c10-4-5-1-2-6(8(11,12)13)3-7(5)17-9(14,15)16/h1-3H,4H2. The minimum Gasteiger partial charge on any atom is -0.405 e. The van der Waals surface area contributed by atoms with Gasteiger partial charge in [0, 0.05) is 5.56 Å². The molecular formula is C9H5ClF6O. The molecule has 0 atom stereocenters. The summed E-state index contributed by atoms with van der Waals surface area (Å²) >= 11 is 5.30. The third-order valence-corrected chi connectivity index (χ3v) is 2.05. The van der Waals surface area contributed by atoms with E-state index in [2.05, 4.69) is 4.74 Å². The summed E-state index contributed by atoms with van der Waals surface area (Å²) in [5, 5.41) is 0. The van der Waals surface area contributed by atoms with Crippen molar-refractivity contribution >= 4 is 11.6 Å². The Balaban J connectivity index is 3.16. The Hall–Kier alpha value is -1.11. The monoisotopic (exact) mass is 278 g/mol. The minimum absolute atomic E-state index is 0.169. The van der Waals surface area contributed by atoms with Crippen LogP contribution < -0.4 is 4.74 Å². The Morgan fingerprint density at radius 3 is 2.06 bits per heavy atom. The highest BCUT2D eigenvalue weighted by molar-refractivity contribution is 6.17. The van der Waals surface area contributed by atoms with Gasteiger partial charge in [0.15, 0.2) is 0 Å². The summed E-state index contributed by atoms with van der Waals surface area (Å²) in [6, 6.07) is 1.75. The lowest BCUT2D eigenvalue weighted by molar-refractivity contribution is -0.275. The van der Waals surface area contributed by atoms with Gasteiger partial charge in [0.2, 0.25) is 0 Å². The summed E-state index contributed by atoms with van der Waals surface area (Å²) < 4.78 is 76.1. The molecule has 96 valence electrons. The van der Waals surface area contributed by atoms with Crippen molar-refractivity contribution in [3.05, 3.63) is 29.3 Å². The lowest BCUT2D eigenvalue weighted by atomic mass is 10.1. The maximum absolute atomic E-state index is 12.3. The maximum Gasteiger partial charge on any atom is 0.573 e. The predicted octanol–water partition coefficient (Wildman–Crippen LogP) is 4.34. The first-order valence-corrected chi connectivity index (χ1v) is 4.69. The van der Waals surface area contributed by atoms with Gasteiger partial charge in [-0.15, -0.1) is 24.8 Å². The van der Waals surface area contributed by atoms with Crippen molar-refractivity contribution in [1.82, 2.24) is 0 Å². The third-order valence-electron chi connectivity index (χ3n) is 1.76. The summed E-state index contributed by atoms with van der Waals surface area (Å²) in [7, 11) is 0. The topological polar surface area (TPSA) is 9.23 Å². The van der Waals surface area contributed by atoms with Crippen molar-refractivity contribution < 1.29 is 31.1 Å². The van der Waals surface area contributed by atoms with E-state index >= 15 is 0 Å². The molecule has 1 aromatic carbocycles. The highest BCUT2D eigenvalue weighted by Gasteiger charge is 2.35. The van der Waals surface area contributed by atoms with Crippen LogP contribution >= 0.6 is 11.6 Å². The fraction of sp³-hybridized carbons (Fsp3) is 0.333. The molecule has 8 heteroatoms. The Labute approximate surface area is 96.9 Å². The van der Waals surface area contributed by atoms with Gasteiger partial charge in [-0.1, -0.05) is 6.07 Å². The molecular weight excluding hydrogens is 274 g/mol. The molecule has 1 rings (SSSR count). The number of rotatable bonds is 2. The molecule has 0 N–H and O–H groups in total. The number of hydrogen-bond acceptors (Lipinski definition) is 1. The second kappa shape index (κ2) is 4.64. The van der Waals surface area contributed by atoms with Gasteiger partial charge < -0.3 is 4.74 Å². The van der Waals surface area contributed by atoms with Crippen LogP contribution in [0.2, 0.25) is 0 Å². The molecule has 0 amide bonds. The lowest BCUT2D eigenvalue weighted by Crippen LogP contribution is -2.18. The average molecular weight is 279 g/mol. The largest absolute Gasteiger partial charge is 0.573 e. The molecule has 0 aliphatic heterocycles. The molecule has 0 unspecified atom stereocenters. The molecule has 0 radical (unpaired) electrons. The molecule has 0 fully saturated rings. The molecule has 1 nitrogen and oxygen atoms in total. The second-order valence-electron chi connectivity index (χ2n) is 3.00.